The molecular weight excluding hydrogens is 262 g/mol. The summed E-state index contributed by atoms with van der Waals surface area (Å²) in [6.07, 6.45) is 0.327. The second-order valence-electron chi connectivity index (χ2n) is 4.48. The van der Waals surface area contributed by atoms with Gasteiger partial charge in [0.05, 0.1) is 0 Å². The third-order valence-corrected chi connectivity index (χ3v) is 2.88. The summed E-state index contributed by atoms with van der Waals surface area (Å²) in [5.41, 5.74) is 1.45. The molecule has 0 aliphatic heterocycles. The molecule has 1 aromatic heterocycles. The molecule has 0 radical (unpaired) electrons. The minimum Gasteiger partial charge on any atom is -0.371 e. The van der Waals surface area contributed by atoms with E-state index >= 15 is 0 Å². The van der Waals surface area contributed by atoms with Gasteiger partial charge in [-0.1, -0.05) is 24.3 Å². The molecule has 104 valence electrons. The molecule has 0 bridgehead atoms. The van der Waals surface area contributed by atoms with Gasteiger partial charge in [-0.2, -0.15) is 9.37 Å². The molecule has 0 aliphatic rings. The van der Waals surface area contributed by atoms with Crippen LogP contribution >= 0.6 is 0 Å². The van der Waals surface area contributed by atoms with Crippen molar-refractivity contribution in [1.29, 1.82) is 0 Å². The van der Waals surface area contributed by atoms with Crippen molar-refractivity contribution in [2.45, 2.75) is 13.3 Å². The molecule has 1 aromatic carbocycles. The van der Waals surface area contributed by atoms with Crippen LogP contribution in [0.3, 0.4) is 0 Å². The van der Waals surface area contributed by atoms with Gasteiger partial charge in [0.25, 0.3) is 0 Å². The van der Waals surface area contributed by atoms with Crippen molar-refractivity contribution in [1.82, 2.24) is 4.98 Å². The largest absolute Gasteiger partial charge is 0.371 e. The number of hydrogen-bond acceptors (Lipinski definition) is 3. The minimum atomic E-state index is -0.741. The summed E-state index contributed by atoms with van der Waals surface area (Å²) >= 11 is 0. The third-order valence-electron chi connectivity index (χ3n) is 2.88. The van der Waals surface area contributed by atoms with Crippen LogP contribution in [0.4, 0.5) is 14.6 Å². The van der Waals surface area contributed by atoms with Crippen molar-refractivity contribution in [3.8, 4) is 11.1 Å². The summed E-state index contributed by atoms with van der Waals surface area (Å²) in [5, 5.41) is 2.48. The molecule has 0 unspecified atom stereocenters. The summed E-state index contributed by atoms with van der Waals surface area (Å²) in [5.74, 6) is -1.43. The minimum absolute atomic E-state index is 0.0509. The van der Waals surface area contributed by atoms with Gasteiger partial charge in [0.2, 0.25) is 5.95 Å². The van der Waals surface area contributed by atoms with E-state index in [0.29, 0.717) is 12.0 Å². The quantitative estimate of drug-likeness (QED) is 0.872. The fourth-order valence-corrected chi connectivity index (χ4v) is 1.93. The Morgan fingerprint density at radius 1 is 1.25 bits per heavy atom. The van der Waals surface area contributed by atoms with E-state index in [1.807, 2.05) is 0 Å². The Bertz CT molecular complexity index is 639. The summed E-state index contributed by atoms with van der Waals surface area (Å²) in [6.45, 7) is 1.50. The first-order valence-corrected chi connectivity index (χ1v) is 6.14. The average Bonchev–Trinajstić information content (AvgIpc) is 2.41. The standard InChI is InChI=1S/C15H14F2N2O/c1-9(20)7-10-3-5-11(6-4-10)12-8-13(16)15(18-2)19-14(12)17/h3-6,8H,7H2,1-2H3,(H,18,19). The Hall–Kier alpha value is -2.30. The molecule has 2 aromatic rings. The molecule has 0 fully saturated rings. The number of carbonyl (C=O) groups is 1. The second-order valence-corrected chi connectivity index (χ2v) is 4.48. The van der Waals surface area contributed by atoms with Crippen LogP contribution in [0.5, 0.6) is 0 Å². The Kier molecular flexibility index (Phi) is 4.08. The smallest absolute Gasteiger partial charge is 0.222 e. The van der Waals surface area contributed by atoms with E-state index in [9.17, 15) is 13.6 Å². The highest BCUT2D eigenvalue weighted by Gasteiger charge is 2.12. The van der Waals surface area contributed by atoms with Crippen molar-refractivity contribution in [2.75, 3.05) is 12.4 Å². The van der Waals surface area contributed by atoms with Crippen molar-refractivity contribution < 1.29 is 13.6 Å². The first-order chi connectivity index (χ1) is 9.51. The Morgan fingerprint density at radius 3 is 2.45 bits per heavy atom. The van der Waals surface area contributed by atoms with Gasteiger partial charge in [-0.3, -0.25) is 4.79 Å². The predicted octanol–water partition coefficient (Wildman–Crippen LogP) is 3.20. The number of aromatic nitrogens is 1. The SMILES string of the molecule is CNc1nc(F)c(-c2ccc(CC(C)=O)cc2)cc1F. The van der Waals surface area contributed by atoms with Gasteiger partial charge in [0, 0.05) is 19.0 Å². The zero-order chi connectivity index (χ0) is 14.7. The van der Waals surface area contributed by atoms with Crippen LogP contribution in [0.1, 0.15) is 12.5 Å². The number of anilines is 1. The zero-order valence-corrected chi connectivity index (χ0v) is 11.2. The van der Waals surface area contributed by atoms with Gasteiger partial charge < -0.3 is 5.32 Å². The highest BCUT2D eigenvalue weighted by atomic mass is 19.1. The lowest BCUT2D eigenvalue weighted by Crippen LogP contribution is -2.01. The van der Waals surface area contributed by atoms with Crippen LogP contribution in [0.15, 0.2) is 30.3 Å². The maximum absolute atomic E-state index is 13.8. The van der Waals surface area contributed by atoms with Gasteiger partial charge >= 0.3 is 0 Å². The molecule has 0 saturated carbocycles. The van der Waals surface area contributed by atoms with Crippen LogP contribution in [0.2, 0.25) is 0 Å². The summed E-state index contributed by atoms with van der Waals surface area (Å²) in [6, 6.07) is 7.85. The fraction of sp³-hybridized carbons (Fsp3) is 0.200. The van der Waals surface area contributed by atoms with E-state index in [1.165, 1.54) is 14.0 Å². The molecule has 0 atom stereocenters. The van der Waals surface area contributed by atoms with Crippen LogP contribution < -0.4 is 5.32 Å². The van der Waals surface area contributed by atoms with Crippen LogP contribution in [0.25, 0.3) is 11.1 Å². The Labute approximate surface area is 115 Å². The number of hydrogen-bond donors (Lipinski definition) is 1. The number of halogens is 2. The lowest BCUT2D eigenvalue weighted by Gasteiger charge is -2.07. The van der Waals surface area contributed by atoms with Crippen molar-refractivity contribution in [3.05, 3.63) is 47.7 Å². The monoisotopic (exact) mass is 276 g/mol. The van der Waals surface area contributed by atoms with Crippen molar-refractivity contribution >= 4 is 11.6 Å². The number of carbonyl (C=O) groups excluding carboxylic acids is 1. The van der Waals surface area contributed by atoms with E-state index < -0.39 is 11.8 Å². The molecule has 2 rings (SSSR count). The molecule has 0 saturated heterocycles. The summed E-state index contributed by atoms with van der Waals surface area (Å²) in [7, 11) is 1.47. The van der Waals surface area contributed by atoms with Crippen LogP contribution in [0, 0.1) is 11.8 Å². The maximum atomic E-state index is 13.8. The summed E-state index contributed by atoms with van der Waals surface area (Å²) < 4.78 is 27.5. The highest BCUT2D eigenvalue weighted by molar-refractivity contribution is 5.78. The molecule has 20 heavy (non-hydrogen) atoms. The number of rotatable bonds is 4. The van der Waals surface area contributed by atoms with E-state index in [4.69, 9.17) is 0 Å². The summed E-state index contributed by atoms with van der Waals surface area (Å²) in [4.78, 5) is 14.5. The predicted molar refractivity (Wildman–Crippen MR) is 73.5 cm³/mol. The zero-order valence-electron chi connectivity index (χ0n) is 11.2. The maximum Gasteiger partial charge on any atom is 0.222 e. The molecule has 0 aliphatic carbocycles. The number of ketones is 1. The molecular formula is C15H14F2N2O. The molecule has 1 N–H and O–H groups in total. The van der Waals surface area contributed by atoms with E-state index in [-0.39, 0.29) is 17.2 Å². The highest BCUT2D eigenvalue weighted by Crippen LogP contribution is 2.25. The lowest BCUT2D eigenvalue weighted by atomic mass is 10.0. The van der Waals surface area contributed by atoms with Crippen LogP contribution in [-0.4, -0.2) is 17.8 Å². The lowest BCUT2D eigenvalue weighted by molar-refractivity contribution is -0.116. The number of benzene rings is 1. The Balaban J connectivity index is 2.36. The van der Waals surface area contributed by atoms with Gasteiger partial charge in [-0.15, -0.1) is 0 Å². The van der Waals surface area contributed by atoms with Gasteiger partial charge in [-0.25, -0.2) is 4.39 Å². The van der Waals surface area contributed by atoms with E-state index in [1.54, 1.807) is 24.3 Å². The van der Waals surface area contributed by atoms with Gasteiger partial charge in [0.15, 0.2) is 11.6 Å². The number of pyridine rings is 1. The topological polar surface area (TPSA) is 42.0 Å². The first-order valence-electron chi connectivity index (χ1n) is 6.14. The molecule has 0 spiro atoms. The molecule has 3 nitrogen and oxygen atoms in total. The number of nitrogens with one attached hydrogen (secondary N) is 1. The normalized spacial score (nSPS) is 10.4. The Morgan fingerprint density at radius 2 is 1.90 bits per heavy atom. The van der Waals surface area contributed by atoms with Gasteiger partial charge in [-0.05, 0) is 24.1 Å². The second kappa shape index (κ2) is 5.77. The fourth-order valence-electron chi connectivity index (χ4n) is 1.93. The third kappa shape index (κ3) is 2.99. The molecule has 5 heteroatoms. The number of nitrogens with zero attached hydrogens (tertiary/aromatic N) is 1. The average molecular weight is 276 g/mol. The van der Waals surface area contributed by atoms with Crippen molar-refractivity contribution in [2.24, 2.45) is 0 Å². The first kappa shape index (κ1) is 14.1. The molecule has 0 amide bonds. The molecule has 1 heterocycles. The number of Topliss-reactive ketones (excluding diaryl/α,β-unsaturated/α-hetero) is 1. The van der Waals surface area contributed by atoms with E-state index in [0.717, 1.165) is 11.6 Å². The van der Waals surface area contributed by atoms with E-state index in [2.05, 4.69) is 10.3 Å². The van der Waals surface area contributed by atoms with Gasteiger partial charge in [0.1, 0.15) is 5.78 Å². The van der Waals surface area contributed by atoms with Crippen molar-refractivity contribution in [3.63, 3.8) is 0 Å². The van der Waals surface area contributed by atoms with Crippen LogP contribution in [-0.2, 0) is 11.2 Å².